The van der Waals surface area contributed by atoms with Gasteiger partial charge in [-0.3, -0.25) is 0 Å². The van der Waals surface area contributed by atoms with E-state index >= 15 is 0 Å². The molecule has 32 heavy (non-hydrogen) atoms. The quantitative estimate of drug-likeness (QED) is 0.545. The predicted octanol–water partition coefficient (Wildman–Crippen LogP) is 4.71. The molecule has 2 aliphatic rings. The van der Waals surface area contributed by atoms with Crippen molar-refractivity contribution in [1.82, 2.24) is 10.1 Å². The first-order valence-electron chi connectivity index (χ1n) is 11.3. The van der Waals surface area contributed by atoms with E-state index in [4.69, 9.17) is 14.0 Å². The fourth-order valence-electron chi connectivity index (χ4n) is 4.01. The minimum Gasteiger partial charge on any atom is -0.493 e. The van der Waals surface area contributed by atoms with Crippen LogP contribution in [-0.2, 0) is 4.74 Å². The Morgan fingerprint density at radius 3 is 2.50 bits per heavy atom. The number of rotatable bonds is 8. The van der Waals surface area contributed by atoms with Gasteiger partial charge in [0, 0.05) is 31.1 Å². The number of halogens is 2. The van der Waals surface area contributed by atoms with Crippen molar-refractivity contribution in [3.05, 3.63) is 35.2 Å². The van der Waals surface area contributed by atoms with Crippen LogP contribution in [0.25, 0.3) is 0 Å². The minimum absolute atomic E-state index is 0.0198. The van der Waals surface area contributed by atoms with Crippen LogP contribution in [-0.4, -0.2) is 48.4 Å². The van der Waals surface area contributed by atoms with Crippen LogP contribution in [0, 0.1) is 17.6 Å². The third-order valence-electron chi connectivity index (χ3n) is 5.89. The second-order valence-electron chi connectivity index (χ2n) is 8.87. The van der Waals surface area contributed by atoms with Gasteiger partial charge >= 0.3 is 6.01 Å². The minimum atomic E-state index is -0.720. The van der Waals surface area contributed by atoms with E-state index in [9.17, 15) is 8.78 Å². The molecule has 1 atom stereocenters. The summed E-state index contributed by atoms with van der Waals surface area (Å²) >= 11 is 0. The van der Waals surface area contributed by atoms with Crippen LogP contribution in [0.2, 0.25) is 0 Å². The first kappa shape index (κ1) is 22.5. The molecule has 0 unspecified atom stereocenters. The Kier molecular flexibility index (Phi) is 6.91. The van der Waals surface area contributed by atoms with E-state index in [0.29, 0.717) is 25.1 Å². The molecule has 0 aliphatic carbocycles. The molecule has 0 saturated carbocycles. The third kappa shape index (κ3) is 5.19. The van der Waals surface area contributed by atoms with E-state index < -0.39 is 11.6 Å². The molecule has 1 saturated heterocycles. The third-order valence-corrected chi connectivity index (χ3v) is 5.89. The Morgan fingerprint density at radius 2 is 1.91 bits per heavy atom. The molecule has 3 heterocycles. The molecule has 4 rings (SSSR count). The molecular weight excluding hydrogens is 418 g/mol. The van der Waals surface area contributed by atoms with Crippen LogP contribution in [0.3, 0.4) is 0 Å². The van der Waals surface area contributed by atoms with Gasteiger partial charge in [-0.1, -0.05) is 19.0 Å². The second kappa shape index (κ2) is 9.83. The van der Waals surface area contributed by atoms with Gasteiger partial charge in [0.2, 0.25) is 5.90 Å². The average Bonchev–Trinajstić information content (AvgIpc) is 3.41. The van der Waals surface area contributed by atoms with Crippen molar-refractivity contribution in [3.63, 3.8) is 0 Å². The van der Waals surface area contributed by atoms with Crippen molar-refractivity contribution in [3.8, 4) is 5.75 Å². The van der Waals surface area contributed by atoms with E-state index in [1.165, 1.54) is 12.1 Å². The molecule has 2 aromatic rings. The molecule has 0 spiro atoms. The number of anilines is 1. The van der Waals surface area contributed by atoms with Gasteiger partial charge < -0.3 is 18.9 Å². The number of benzene rings is 1. The summed E-state index contributed by atoms with van der Waals surface area (Å²) in [6, 6.07) is 2.89. The number of ether oxygens (including phenoxy) is 2. The van der Waals surface area contributed by atoms with Gasteiger partial charge in [0.15, 0.2) is 5.82 Å². The molecule has 174 valence electrons. The van der Waals surface area contributed by atoms with E-state index in [1.54, 1.807) is 0 Å². The predicted molar refractivity (Wildman–Crippen MR) is 116 cm³/mol. The summed E-state index contributed by atoms with van der Waals surface area (Å²) in [6.07, 6.45) is 3.90. The highest BCUT2D eigenvalue weighted by Crippen LogP contribution is 2.27. The largest absolute Gasteiger partial charge is 0.493 e. The van der Waals surface area contributed by atoms with Gasteiger partial charge in [-0.25, -0.2) is 13.8 Å². The molecule has 7 nitrogen and oxygen atoms in total. The molecule has 9 heteroatoms. The Hall–Kier alpha value is -2.71. The molecule has 1 aromatic carbocycles. The highest BCUT2D eigenvalue weighted by molar-refractivity contribution is 5.95. The molecule has 0 N–H and O–H groups in total. The average molecular weight is 449 g/mol. The van der Waals surface area contributed by atoms with Gasteiger partial charge in [0.25, 0.3) is 0 Å². The van der Waals surface area contributed by atoms with Crippen molar-refractivity contribution in [1.29, 1.82) is 0 Å². The monoisotopic (exact) mass is 448 g/mol. The standard InChI is InChI=1S/C23H30F2N4O3/c1-14(2)21-27-23(32-28-21)29-8-6-16(7-9-29)5-4-10-30-17-11-18(24)20(19(25)12-17)22-26-15(3)13-31-22/h11-12,14-16H,4-10,13H2,1-3H3/t15-/m1/s1. The topological polar surface area (TPSA) is 73.0 Å². The second-order valence-corrected chi connectivity index (χ2v) is 8.87. The Balaban J connectivity index is 1.21. The molecule has 0 bridgehead atoms. The summed E-state index contributed by atoms with van der Waals surface area (Å²) in [6.45, 7) is 8.42. The lowest BCUT2D eigenvalue weighted by Crippen LogP contribution is -2.34. The fraction of sp³-hybridized carbons (Fsp3) is 0.609. The number of hydrogen-bond donors (Lipinski definition) is 0. The Morgan fingerprint density at radius 1 is 1.19 bits per heavy atom. The van der Waals surface area contributed by atoms with E-state index in [-0.39, 0.29) is 29.2 Å². The van der Waals surface area contributed by atoms with Crippen LogP contribution in [0.15, 0.2) is 21.6 Å². The molecule has 0 radical (unpaired) electrons. The maximum Gasteiger partial charge on any atom is 0.324 e. The van der Waals surface area contributed by atoms with Crippen molar-refractivity contribution < 1.29 is 22.8 Å². The van der Waals surface area contributed by atoms with Crippen molar-refractivity contribution in [2.45, 2.75) is 58.4 Å². The number of hydrogen-bond acceptors (Lipinski definition) is 7. The van der Waals surface area contributed by atoms with E-state index in [1.807, 2.05) is 20.8 Å². The lowest BCUT2D eigenvalue weighted by Gasteiger charge is -2.30. The highest BCUT2D eigenvalue weighted by atomic mass is 19.1. The number of aromatic nitrogens is 2. The normalized spacial score (nSPS) is 19.4. The summed E-state index contributed by atoms with van der Waals surface area (Å²) in [7, 11) is 0. The zero-order valence-electron chi connectivity index (χ0n) is 18.8. The summed E-state index contributed by atoms with van der Waals surface area (Å²) in [5, 5.41) is 4.03. The van der Waals surface area contributed by atoms with Gasteiger partial charge in [0.1, 0.15) is 29.6 Å². The summed E-state index contributed by atoms with van der Waals surface area (Å²) < 4.78 is 45.1. The SMILES string of the molecule is CC(C)c1noc(N2CCC(CCCOc3cc(F)c(C4=N[C@H](C)CO4)c(F)c3)CC2)n1. The first-order valence-corrected chi connectivity index (χ1v) is 11.3. The van der Waals surface area contributed by atoms with Crippen molar-refractivity contribution >= 4 is 11.9 Å². The van der Waals surface area contributed by atoms with Gasteiger partial charge in [-0.2, -0.15) is 4.98 Å². The van der Waals surface area contributed by atoms with Crippen molar-refractivity contribution in [2.24, 2.45) is 10.9 Å². The first-order chi connectivity index (χ1) is 15.4. The summed E-state index contributed by atoms with van der Waals surface area (Å²) in [5.41, 5.74) is -0.227. The van der Waals surface area contributed by atoms with Crippen molar-refractivity contribution in [2.75, 3.05) is 31.2 Å². The number of piperidine rings is 1. The molecular formula is C23H30F2N4O3. The van der Waals surface area contributed by atoms with Crippen LogP contribution < -0.4 is 9.64 Å². The van der Waals surface area contributed by atoms with Gasteiger partial charge in [-0.05, 0) is 38.5 Å². The molecule has 2 aliphatic heterocycles. The molecule has 1 aromatic heterocycles. The molecule has 0 amide bonds. The summed E-state index contributed by atoms with van der Waals surface area (Å²) in [4.78, 5) is 10.7. The maximum absolute atomic E-state index is 14.4. The van der Waals surface area contributed by atoms with E-state index in [0.717, 1.165) is 44.6 Å². The smallest absolute Gasteiger partial charge is 0.324 e. The Labute approximate surface area is 186 Å². The summed E-state index contributed by atoms with van der Waals surface area (Å²) in [5.74, 6) is 0.325. The lowest BCUT2D eigenvalue weighted by atomic mass is 9.92. The number of aliphatic imine (C=N–C) groups is 1. The Bertz CT molecular complexity index is 931. The van der Waals surface area contributed by atoms with E-state index in [2.05, 4.69) is 20.0 Å². The lowest BCUT2D eigenvalue weighted by molar-refractivity contribution is 0.274. The fourth-order valence-corrected chi connectivity index (χ4v) is 4.01. The van der Waals surface area contributed by atoms with Crippen LogP contribution in [0.1, 0.15) is 63.8 Å². The zero-order chi connectivity index (χ0) is 22.7. The number of nitrogens with zero attached hydrogens (tertiary/aromatic N) is 4. The van der Waals surface area contributed by atoms with Crippen LogP contribution in [0.5, 0.6) is 5.75 Å². The highest BCUT2D eigenvalue weighted by Gasteiger charge is 2.25. The van der Waals surface area contributed by atoms with Gasteiger partial charge in [-0.15, -0.1) is 0 Å². The zero-order valence-corrected chi connectivity index (χ0v) is 18.8. The van der Waals surface area contributed by atoms with Gasteiger partial charge in [0.05, 0.1) is 12.6 Å². The maximum atomic E-state index is 14.4. The van der Waals surface area contributed by atoms with Crippen LogP contribution in [0.4, 0.5) is 14.8 Å². The molecule has 1 fully saturated rings. The van der Waals surface area contributed by atoms with Crippen LogP contribution >= 0.6 is 0 Å².